The van der Waals surface area contributed by atoms with Gasteiger partial charge >= 0.3 is 11.8 Å². The van der Waals surface area contributed by atoms with Crippen LogP contribution < -0.4 is 22.1 Å². The number of nitrogens with one attached hydrogen (secondary N) is 4. The van der Waals surface area contributed by atoms with Crippen molar-refractivity contribution >= 4 is 12.0 Å². The van der Waals surface area contributed by atoms with Crippen molar-refractivity contribution < 1.29 is 14.3 Å². The summed E-state index contributed by atoms with van der Waals surface area (Å²) in [5, 5.41) is 0. The van der Waals surface area contributed by atoms with E-state index in [1.165, 1.54) is 0 Å². The lowest BCUT2D eigenvalue weighted by Gasteiger charge is -2.06. The van der Waals surface area contributed by atoms with Crippen molar-refractivity contribution in [3.05, 3.63) is 32.6 Å². The van der Waals surface area contributed by atoms with Crippen LogP contribution in [0.1, 0.15) is 17.4 Å². The zero-order valence-electron chi connectivity index (χ0n) is 8.83. The molecule has 0 aliphatic carbocycles. The molecule has 1 aromatic rings. The Morgan fingerprint density at radius 2 is 2.00 bits per heavy atom. The van der Waals surface area contributed by atoms with Crippen LogP contribution in [0.25, 0.3) is 0 Å². The number of aromatic nitrogens is 2. The summed E-state index contributed by atoms with van der Waals surface area (Å²) in [6.07, 6.45) is -0.854. The molecule has 0 bridgehead atoms. The van der Waals surface area contributed by atoms with Crippen molar-refractivity contribution in [3.8, 4) is 0 Å². The maximum absolute atomic E-state index is 11.4. The zero-order chi connectivity index (χ0) is 12.8. The van der Waals surface area contributed by atoms with Gasteiger partial charge in [0.05, 0.1) is 6.61 Å². The van der Waals surface area contributed by atoms with Gasteiger partial charge in [-0.05, 0) is 6.92 Å². The molecule has 9 nitrogen and oxygen atoms in total. The van der Waals surface area contributed by atoms with Gasteiger partial charge in [0.25, 0.3) is 11.5 Å². The molecular formula is C8H10N4O5. The van der Waals surface area contributed by atoms with Crippen molar-refractivity contribution in [3.63, 3.8) is 0 Å². The number of carbonyl (C=O) groups is 2. The Bertz CT molecular complexity index is 503. The molecule has 1 aromatic heterocycles. The topological polar surface area (TPSA) is 133 Å². The van der Waals surface area contributed by atoms with Gasteiger partial charge in [0, 0.05) is 6.07 Å². The average Bonchev–Trinajstić information content (AvgIpc) is 2.25. The molecule has 17 heavy (non-hydrogen) atoms. The molecule has 2 amide bonds. The Balaban J connectivity index is 2.67. The fraction of sp³-hybridized carbons (Fsp3) is 0.250. The van der Waals surface area contributed by atoms with Crippen LogP contribution in [-0.4, -0.2) is 28.6 Å². The van der Waals surface area contributed by atoms with Crippen LogP contribution in [0.4, 0.5) is 4.79 Å². The number of aromatic amines is 2. The molecule has 0 aromatic carbocycles. The summed E-state index contributed by atoms with van der Waals surface area (Å²) >= 11 is 0. The first kappa shape index (κ1) is 12.5. The van der Waals surface area contributed by atoms with Gasteiger partial charge in [0.2, 0.25) is 0 Å². The van der Waals surface area contributed by atoms with Crippen molar-refractivity contribution in [2.75, 3.05) is 6.61 Å². The summed E-state index contributed by atoms with van der Waals surface area (Å²) in [5.74, 6) is -0.846. The predicted octanol–water partition coefficient (Wildman–Crippen LogP) is -1.55. The maximum atomic E-state index is 11.4. The van der Waals surface area contributed by atoms with Crippen molar-refractivity contribution in [1.82, 2.24) is 20.8 Å². The van der Waals surface area contributed by atoms with Crippen LogP contribution in [-0.2, 0) is 4.74 Å². The normalized spacial score (nSPS) is 9.47. The van der Waals surface area contributed by atoms with Crippen LogP contribution in [0.3, 0.4) is 0 Å². The summed E-state index contributed by atoms with van der Waals surface area (Å²) in [4.78, 5) is 47.9. The molecule has 0 spiro atoms. The van der Waals surface area contributed by atoms with E-state index in [-0.39, 0.29) is 12.3 Å². The van der Waals surface area contributed by atoms with E-state index >= 15 is 0 Å². The molecule has 0 saturated heterocycles. The molecule has 0 atom stereocenters. The van der Waals surface area contributed by atoms with Crippen molar-refractivity contribution in [1.29, 1.82) is 0 Å². The highest BCUT2D eigenvalue weighted by Crippen LogP contribution is 1.83. The molecule has 0 aliphatic heterocycles. The van der Waals surface area contributed by atoms with Crippen molar-refractivity contribution in [2.45, 2.75) is 6.92 Å². The van der Waals surface area contributed by atoms with Crippen molar-refractivity contribution in [2.24, 2.45) is 0 Å². The largest absolute Gasteiger partial charge is 0.449 e. The summed E-state index contributed by atoms with van der Waals surface area (Å²) in [6, 6.07) is 0.879. The van der Waals surface area contributed by atoms with Crippen LogP contribution in [0, 0.1) is 0 Å². The van der Waals surface area contributed by atoms with Crippen LogP contribution >= 0.6 is 0 Å². The minimum atomic E-state index is -0.854. The van der Waals surface area contributed by atoms with E-state index in [1.54, 1.807) is 6.92 Å². The predicted molar refractivity (Wildman–Crippen MR) is 55.3 cm³/mol. The lowest BCUT2D eigenvalue weighted by atomic mass is 10.4. The van der Waals surface area contributed by atoms with E-state index in [9.17, 15) is 19.2 Å². The average molecular weight is 242 g/mol. The molecule has 0 unspecified atom stereocenters. The van der Waals surface area contributed by atoms with Gasteiger partial charge in [-0.25, -0.2) is 15.0 Å². The summed E-state index contributed by atoms with van der Waals surface area (Å²) in [6.45, 7) is 1.74. The molecule has 0 fully saturated rings. The third kappa shape index (κ3) is 3.81. The number of ether oxygens (including phenoxy) is 1. The van der Waals surface area contributed by atoms with E-state index < -0.39 is 23.2 Å². The summed E-state index contributed by atoms with van der Waals surface area (Å²) in [5.41, 5.74) is 2.05. The number of amides is 2. The Labute approximate surface area is 94.2 Å². The minimum absolute atomic E-state index is 0.142. The van der Waals surface area contributed by atoms with Gasteiger partial charge in [-0.2, -0.15) is 0 Å². The first-order valence-corrected chi connectivity index (χ1v) is 4.59. The van der Waals surface area contributed by atoms with E-state index in [0.29, 0.717) is 0 Å². The zero-order valence-corrected chi connectivity index (χ0v) is 8.83. The van der Waals surface area contributed by atoms with Gasteiger partial charge in [0.15, 0.2) is 0 Å². The van der Waals surface area contributed by atoms with Gasteiger partial charge in [-0.3, -0.25) is 20.0 Å². The fourth-order valence-corrected chi connectivity index (χ4v) is 0.933. The molecule has 92 valence electrons. The van der Waals surface area contributed by atoms with Gasteiger partial charge < -0.3 is 9.72 Å². The quantitative estimate of drug-likeness (QED) is 0.466. The first-order valence-electron chi connectivity index (χ1n) is 4.59. The second-order valence-electron chi connectivity index (χ2n) is 2.80. The monoisotopic (exact) mass is 242 g/mol. The first-order chi connectivity index (χ1) is 8.02. The minimum Gasteiger partial charge on any atom is -0.449 e. The molecule has 0 aliphatic rings. The number of hydrogen-bond donors (Lipinski definition) is 4. The molecule has 0 saturated carbocycles. The Hall–Kier alpha value is -2.58. The Morgan fingerprint density at radius 3 is 2.59 bits per heavy atom. The van der Waals surface area contributed by atoms with Gasteiger partial charge in [0.1, 0.15) is 5.69 Å². The molecular weight excluding hydrogens is 232 g/mol. The third-order valence-electron chi connectivity index (χ3n) is 1.56. The van der Waals surface area contributed by atoms with Gasteiger partial charge in [-0.1, -0.05) is 0 Å². The summed E-state index contributed by atoms with van der Waals surface area (Å²) in [7, 11) is 0. The van der Waals surface area contributed by atoms with Gasteiger partial charge in [-0.15, -0.1) is 0 Å². The van der Waals surface area contributed by atoms with E-state index in [1.807, 2.05) is 15.8 Å². The van der Waals surface area contributed by atoms with E-state index in [2.05, 4.69) is 9.72 Å². The number of carbonyl (C=O) groups excluding carboxylic acids is 2. The molecule has 4 N–H and O–H groups in total. The Kier molecular flexibility index (Phi) is 4.03. The summed E-state index contributed by atoms with van der Waals surface area (Å²) < 4.78 is 4.47. The van der Waals surface area contributed by atoms with E-state index in [0.717, 1.165) is 6.07 Å². The lowest BCUT2D eigenvalue weighted by molar-refractivity contribution is 0.0907. The smallest absolute Gasteiger partial charge is 0.426 e. The van der Waals surface area contributed by atoms with E-state index in [4.69, 9.17) is 0 Å². The fourth-order valence-electron chi connectivity index (χ4n) is 0.933. The molecule has 0 radical (unpaired) electrons. The highest BCUT2D eigenvalue weighted by atomic mass is 16.5. The third-order valence-corrected chi connectivity index (χ3v) is 1.56. The standard InChI is InChI=1S/C8H10N4O5/c1-2-17-8(16)12-11-6(14)4-3-5(13)10-7(15)9-4/h3H,2H2,1H3,(H,11,14)(H,12,16)(H2,9,10,13,15). The highest BCUT2D eigenvalue weighted by Gasteiger charge is 2.09. The second-order valence-corrected chi connectivity index (χ2v) is 2.80. The molecule has 1 heterocycles. The Morgan fingerprint density at radius 1 is 1.29 bits per heavy atom. The number of rotatable bonds is 2. The molecule has 1 rings (SSSR count). The van der Waals surface area contributed by atoms with Crippen LogP contribution in [0.5, 0.6) is 0 Å². The number of hydrogen-bond acceptors (Lipinski definition) is 5. The highest BCUT2D eigenvalue weighted by molar-refractivity contribution is 5.92. The number of H-pyrrole nitrogens is 2. The second kappa shape index (κ2) is 5.49. The number of hydrazine groups is 1. The maximum Gasteiger partial charge on any atom is 0.426 e. The van der Waals surface area contributed by atoms with Crippen LogP contribution in [0.2, 0.25) is 0 Å². The van der Waals surface area contributed by atoms with Crippen LogP contribution in [0.15, 0.2) is 15.7 Å². The lowest BCUT2D eigenvalue weighted by Crippen LogP contribution is -2.43. The molecule has 9 heteroatoms. The SMILES string of the molecule is CCOC(=O)NNC(=O)c1cc(=O)[nH]c(=O)[nH]1.